The number of carbonyl (C=O) groups excluding carboxylic acids is 1. The molecule has 0 saturated heterocycles. The summed E-state index contributed by atoms with van der Waals surface area (Å²) in [6.45, 7) is 1.61. The molecule has 16 heavy (non-hydrogen) atoms. The van der Waals surface area contributed by atoms with Crippen LogP contribution in [0, 0.1) is 6.92 Å². The number of anilines is 1. The number of nitrogens with one attached hydrogen (secondary N) is 2. The molecule has 0 aliphatic heterocycles. The highest BCUT2D eigenvalue weighted by Gasteiger charge is 2.13. The minimum Gasteiger partial charge on any atom is -0.476 e. The number of nitrogens with zero attached hydrogens (tertiary/aromatic N) is 2. The summed E-state index contributed by atoms with van der Waals surface area (Å²) in [6, 6.07) is 0. The summed E-state index contributed by atoms with van der Waals surface area (Å²) in [5, 5.41) is 14.0. The number of amides is 1. The van der Waals surface area contributed by atoms with E-state index in [0.717, 1.165) is 6.33 Å². The van der Waals surface area contributed by atoms with Gasteiger partial charge in [0.05, 0.1) is 6.54 Å². The van der Waals surface area contributed by atoms with Crippen LogP contribution in [0.2, 0.25) is 0 Å². The lowest BCUT2D eigenvalue weighted by Crippen LogP contribution is -2.27. The second-order valence-electron chi connectivity index (χ2n) is 3.03. The molecule has 0 aliphatic rings. The largest absolute Gasteiger partial charge is 0.476 e. The highest BCUT2D eigenvalue weighted by atomic mass is 16.4. The van der Waals surface area contributed by atoms with Crippen molar-refractivity contribution in [3.63, 3.8) is 0 Å². The first kappa shape index (κ1) is 11.9. The fourth-order valence-corrected chi connectivity index (χ4v) is 1.10. The number of carboxylic acids is 1. The maximum absolute atomic E-state index is 11.0. The average molecular weight is 224 g/mol. The van der Waals surface area contributed by atoms with Crippen LogP contribution in [0.1, 0.15) is 16.1 Å². The van der Waals surface area contributed by atoms with Crippen LogP contribution in [0.5, 0.6) is 0 Å². The molecule has 0 aliphatic carbocycles. The Morgan fingerprint density at radius 3 is 2.69 bits per heavy atom. The van der Waals surface area contributed by atoms with Gasteiger partial charge < -0.3 is 15.7 Å². The maximum atomic E-state index is 11.0. The molecule has 7 nitrogen and oxygen atoms in total. The van der Waals surface area contributed by atoms with E-state index in [1.807, 2.05) is 0 Å². The van der Waals surface area contributed by atoms with Crippen LogP contribution in [0.4, 0.5) is 5.82 Å². The molecule has 1 amide bonds. The average Bonchev–Trinajstić information content (AvgIpc) is 2.26. The lowest BCUT2D eigenvalue weighted by molar-refractivity contribution is -0.118. The number of hydrogen-bond donors (Lipinski definition) is 3. The van der Waals surface area contributed by atoms with Gasteiger partial charge in [-0.05, 0) is 6.92 Å². The molecule has 0 unspecified atom stereocenters. The van der Waals surface area contributed by atoms with E-state index in [1.54, 1.807) is 6.92 Å². The molecule has 1 rings (SSSR count). The first-order chi connectivity index (χ1) is 7.56. The molecular formula is C9H12N4O3. The molecule has 0 spiro atoms. The number of hydrogen-bond acceptors (Lipinski definition) is 5. The molecule has 1 aromatic rings. The van der Waals surface area contributed by atoms with Crippen molar-refractivity contribution in [2.24, 2.45) is 0 Å². The Labute approximate surface area is 91.9 Å². The summed E-state index contributed by atoms with van der Waals surface area (Å²) in [4.78, 5) is 29.2. The molecule has 1 aromatic heterocycles. The highest BCUT2D eigenvalue weighted by molar-refractivity contribution is 5.88. The summed E-state index contributed by atoms with van der Waals surface area (Å²) in [7, 11) is 1.51. The molecule has 0 saturated carbocycles. The quantitative estimate of drug-likeness (QED) is 0.645. The zero-order valence-electron chi connectivity index (χ0n) is 8.94. The Hall–Kier alpha value is -2.18. The lowest BCUT2D eigenvalue weighted by atomic mass is 10.2. The SMILES string of the molecule is CNC(=O)CNc1ncnc(C(=O)O)c1C. The maximum Gasteiger partial charge on any atom is 0.354 e. The van der Waals surface area contributed by atoms with Crippen LogP contribution < -0.4 is 10.6 Å². The fraction of sp³-hybridized carbons (Fsp3) is 0.333. The van der Waals surface area contributed by atoms with Crippen molar-refractivity contribution in [2.75, 3.05) is 18.9 Å². The topological polar surface area (TPSA) is 104 Å². The van der Waals surface area contributed by atoms with Crippen molar-refractivity contribution in [3.8, 4) is 0 Å². The second kappa shape index (κ2) is 5.06. The Morgan fingerprint density at radius 1 is 1.44 bits per heavy atom. The third-order valence-corrected chi connectivity index (χ3v) is 1.98. The van der Waals surface area contributed by atoms with Gasteiger partial charge in [0.25, 0.3) is 0 Å². The summed E-state index contributed by atoms with van der Waals surface area (Å²) in [5.41, 5.74) is 0.327. The van der Waals surface area contributed by atoms with Gasteiger partial charge in [-0.3, -0.25) is 4.79 Å². The van der Waals surface area contributed by atoms with Crippen molar-refractivity contribution >= 4 is 17.7 Å². The number of aromatic carboxylic acids is 1. The number of carbonyl (C=O) groups is 2. The molecule has 0 aromatic carbocycles. The highest BCUT2D eigenvalue weighted by Crippen LogP contribution is 2.12. The Morgan fingerprint density at radius 2 is 2.12 bits per heavy atom. The van der Waals surface area contributed by atoms with E-state index in [4.69, 9.17) is 5.11 Å². The number of rotatable bonds is 4. The van der Waals surface area contributed by atoms with Crippen molar-refractivity contribution in [1.29, 1.82) is 0 Å². The fourth-order valence-electron chi connectivity index (χ4n) is 1.10. The molecule has 0 fully saturated rings. The van der Waals surface area contributed by atoms with E-state index in [1.165, 1.54) is 7.05 Å². The van der Waals surface area contributed by atoms with Crippen molar-refractivity contribution in [1.82, 2.24) is 15.3 Å². The normalized spacial score (nSPS) is 9.62. The number of carboxylic acid groups (broad SMARTS) is 1. The minimum atomic E-state index is -1.12. The van der Waals surface area contributed by atoms with Crippen LogP contribution >= 0.6 is 0 Å². The Bertz CT molecular complexity index is 419. The van der Waals surface area contributed by atoms with Gasteiger partial charge >= 0.3 is 5.97 Å². The van der Waals surface area contributed by atoms with Crippen molar-refractivity contribution in [2.45, 2.75) is 6.92 Å². The smallest absolute Gasteiger partial charge is 0.354 e. The first-order valence-corrected chi connectivity index (χ1v) is 4.55. The molecule has 0 bridgehead atoms. The van der Waals surface area contributed by atoms with Gasteiger partial charge in [-0.2, -0.15) is 0 Å². The summed E-state index contributed by atoms with van der Waals surface area (Å²) in [6.07, 6.45) is 1.14. The van der Waals surface area contributed by atoms with Crippen LogP contribution in [-0.2, 0) is 4.79 Å². The van der Waals surface area contributed by atoms with Crippen molar-refractivity contribution in [3.05, 3.63) is 17.6 Å². The van der Waals surface area contributed by atoms with E-state index >= 15 is 0 Å². The predicted molar refractivity (Wildman–Crippen MR) is 56.3 cm³/mol. The number of aromatic nitrogens is 2. The van der Waals surface area contributed by atoms with E-state index in [0.29, 0.717) is 11.4 Å². The summed E-state index contributed by atoms with van der Waals surface area (Å²) in [5.74, 6) is -0.992. The molecule has 0 radical (unpaired) electrons. The van der Waals surface area contributed by atoms with Crippen molar-refractivity contribution < 1.29 is 14.7 Å². The molecule has 7 heteroatoms. The molecule has 0 atom stereocenters. The third-order valence-electron chi connectivity index (χ3n) is 1.98. The van der Waals surface area contributed by atoms with Gasteiger partial charge in [-0.1, -0.05) is 0 Å². The van der Waals surface area contributed by atoms with Gasteiger partial charge in [0.1, 0.15) is 12.1 Å². The number of likely N-dealkylation sites (N-methyl/N-ethyl adjacent to an activating group) is 1. The standard InChI is InChI=1S/C9H12N4O3/c1-5-7(9(15)16)12-4-13-8(5)11-3-6(14)10-2/h4H,3H2,1-2H3,(H,10,14)(H,15,16)(H,11,12,13). The lowest BCUT2D eigenvalue weighted by Gasteiger charge is -2.08. The van der Waals surface area contributed by atoms with Crippen LogP contribution in [0.25, 0.3) is 0 Å². The Kier molecular flexibility index (Phi) is 3.76. The van der Waals surface area contributed by atoms with E-state index in [9.17, 15) is 9.59 Å². The Balaban J connectivity index is 2.85. The first-order valence-electron chi connectivity index (χ1n) is 4.55. The molecule has 1 heterocycles. The summed E-state index contributed by atoms with van der Waals surface area (Å²) >= 11 is 0. The predicted octanol–water partition coefficient (Wildman–Crippen LogP) is -0.359. The monoisotopic (exact) mass is 224 g/mol. The van der Waals surface area contributed by atoms with Gasteiger partial charge in [0.15, 0.2) is 5.69 Å². The summed E-state index contributed by atoms with van der Waals surface area (Å²) < 4.78 is 0. The van der Waals surface area contributed by atoms with Gasteiger partial charge in [-0.25, -0.2) is 14.8 Å². The van der Waals surface area contributed by atoms with Gasteiger partial charge in [0, 0.05) is 12.6 Å². The molecule has 86 valence electrons. The minimum absolute atomic E-state index is 0.0351. The second-order valence-corrected chi connectivity index (χ2v) is 3.03. The third kappa shape index (κ3) is 2.66. The molecule has 3 N–H and O–H groups in total. The van der Waals surface area contributed by atoms with Crippen LogP contribution in [0.15, 0.2) is 6.33 Å². The van der Waals surface area contributed by atoms with Crippen LogP contribution in [-0.4, -0.2) is 40.5 Å². The van der Waals surface area contributed by atoms with E-state index < -0.39 is 5.97 Å². The van der Waals surface area contributed by atoms with Gasteiger partial charge in [0.2, 0.25) is 5.91 Å². The zero-order chi connectivity index (χ0) is 12.1. The zero-order valence-corrected chi connectivity index (χ0v) is 8.94. The molecular weight excluding hydrogens is 212 g/mol. The van der Waals surface area contributed by atoms with E-state index in [-0.39, 0.29) is 18.1 Å². The van der Waals surface area contributed by atoms with Gasteiger partial charge in [-0.15, -0.1) is 0 Å². The van der Waals surface area contributed by atoms with E-state index in [2.05, 4.69) is 20.6 Å². The van der Waals surface area contributed by atoms with Crippen LogP contribution in [0.3, 0.4) is 0 Å².